The summed E-state index contributed by atoms with van der Waals surface area (Å²) in [6, 6.07) is 6.16. The highest BCUT2D eigenvalue weighted by molar-refractivity contribution is 9.10. The van der Waals surface area contributed by atoms with Crippen molar-refractivity contribution in [3.05, 3.63) is 22.8 Å². The van der Waals surface area contributed by atoms with Crippen LogP contribution >= 0.6 is 15.9 Å². The van der Waals surface area contributed by atoms with E-state index in [1.54, 1.807) is 6.07 Å². The van der Waals surface area contributed by atoms with E-state index in [1.165, 1.54) is 0 Å². The number of hydrogen-bond acceptors (Lipinski definition) is 4. The molecule has 0 saturated carbocycles. The summed E-state index contributed by atoms with van der Waals surface area (Å²) in [7, 11) is 0. The Morgan fingerprint density at radius 2 is 2.06 bits per heavy atom. The van der Waals surface area contributed by atoms with Crippen molar-refractivity contribution in [1.29, 1.82) is 0 Å². The molecule has 1 aromatic rings. The third-order valence-electron chi connectivity index (χ3n) is 3.06. The van der Waals surface area contributed by atoms with E-state index in [0.29, 0.717) is 11.9 Å². The molecule has 0 aromatic carbocycles. The number of nitrogens with zero attached hydrogens (tertiary/aromatic N) is 3. The summed E-state index contributed by atoms with van der Waals surface area (Å²) >= 11 is 3.31. The first-order valence-corrected chi connectivity index (χ1v) is 7.04. The number of piperidine rings is 1. The van der Waals surface area contributed by atoms with Crippen LogP contribution in [0.5, 0.6) is 5.88 Å². The maximum absolute atomic E-state index is 5.35. The highest BCUT2D eigenvalue weighted by atomic mass is 79.9. The fourth-order valence-electron chi connectivity index (χ4n) is 1.94. The van der Waals surface area contributed by atoms with Crippen molar-refractivity contribution in [3.63, 3.8) is 0 Å². The normalized spacial score (nSPS) is 17.0. The van der Waals surface area contributed by atoms with Crippen LogP contribution in [0.15, 0.2) is 28.0 Å². The third kappa shape index (κ3) is 3.78. The highest BCUT2D eigenvalue weighted by Crippen LogP contribution is 2.14. The maximum atomic E-state index is 5.35. The molecular formula is C13H18BrN3O. The Bertz CT molecular complexity index is 424. The molecule has 0 spiro atoms. The molecule has 0 amide bonds. The average molecular weight is 312 g/mol. The van der Waals surface area contributed by atoms with Crippen LogP contribution in [0.25, 0.3) is 0 Å². The molecule has 4 nitrogen and oxygen atoms in total. The van der Waals surface area contributed by atoms with Crippen LogP contribution in [0.4, 0.5) is 0 Å². The number of pyridine rings is 1. The van der Waals surface area contributed by atoms with Gasteiger partial charge in [0.05, 0.1) is 5.71 Å². The van der Waals surface area contributed by atoms with Crippen LogP contribution in [0.3, 0.4) is 0 Å². The van der Waals surface area contributed by atoms with Crippen molar-refractivity contribution in [3.8, 4) is 5.88 Å². The molecule has 0 radical (unpaired) electrons. The van der Waals surface area contributed by atoms with E-state index in [1.807, 2.05) is 12.1 Å². The minimum absolute atomic E-state index is 0.531. The first-order chi connectivity index (χ1) is 8.65. The Balaban J connectivity index is 1.88. The van der Waals surface area contributed by atoms with E-state index in [-0.39, 0.29) is 0 Å². The van der Waals surface area contributed by atoms with Crippen molar-refractivity contribution in [1.82, 2.24) is 9.88 Å². The molecule has 18 heavy (non-hydrogen) atoms. The lowest BCUT2D eigenvalue weighted by Crippen LogP contribution is -2.38. The van der Waals surface area contributed by atoms with Crippen LogP contribution < -0.4 is 4.84 Å². The van der Waals surface area contributed by atoms with Crippen LogP contribution in [-0.2, 0) is 0 Å². The van der Waals surface area contributed by atoms with Crippen molar-refractivity contribution in [2.24, 2.45) is 5.16 Å². The quantitative estimate of drug-likeness (QED) is 0.636. The van der Waals surface area contributed by atoms with Gasteiger partial charge in [-0.25, -0.2) is 4.98 Å². The maximum Gasteiger partial charge on any atom is 0.249 e. The van der Waals surface area contributed by atoms with Crippen LogP contribution in [0, 0.1) is 0 Å². The lowest BCUT2D eigenvalue weighted by atomic mass is 10.1. The van der Waals surface area contributed by atoms with Gasteiger partial charge in [0.2, 0.25) is 5.88 Å². The number of hydrogen-bond donors (Lipinski definition) is 0. The summed E-state index contributed by atoms with van der Waals surface area (Å²) in [5.74, 6) is 0.531. The molecule has 1 aliphatic rings. The highest BCUT2D eigenvalue weighted by Gasteiger charge is 2.17. The van der Waals surface area contributed by atoms with E-state index < -0.39 is 0 Å². The molecule has 98 valence electrons. The summed E-state index contributed by atoms with van der Waals surface area (Å²) in [4.78, 5) is 12.0. The van der Waals surface area contributed by atoms with Gasteiger partial charge in [-0.15, -0.1) is 0 Å². The Labute approximate surface area is 116 Å². The van der Waals surface area contributed by atoms with Gasteiger partial charge in [0, 0.05) is 38.0 Å². The zero-order valence-corrected chi connectivity index (χ0v) is 12.4. The summed E-state index contributed by atoms with van der Waals surface area (Å²) < 4.78 is 0.759. The number of oxime groups is 1. The molecule has 2 rings (SSSR count). The van der Waals surface area contributed by atoms with Gasteiger partial charge >= 0.3 is 0 Å². The van der Waals surface area contributed by atoms with Gasteiger partial charge in [0.25, 0.3) is 0 Å². The molecular weight excluding hydrogens is 294 g/mol. The lowest BCUT2D eigenvalue weighted by molar-refractivity contribution is 0.218. The van der Waals surface area contributed by atoms with E-state index in [9.17, 15) is 0 Å². The van der Waals surface area contributed by atoms with E-state index >= 15 is 0 Å². The SMILES string of the molecule is CC(C)N1CCC(=NOc2cccc(Br)n2)CC1. The lowest BCUT2D eigenvalue weighted by Gasteiger charge is -2.30. The second-order valence-electron chi connectivity index (χ2n) is 4.68. The number of halogens is 1. The molecule has 2 heterocycles. The minimum atomic E-state index is 0.531. The van der Waals surface area contributed by atoms with Gasteiger partial charge in [-0.05, 0) is 35.8 Å². The monoisotopic (exact) mass is 311 g/mol. The predicted molar refractivity (Wildman–Crippen MR) is 75.9 cm³/mol. The van der Waals surface area contributed by atoms with Crippen molar-refractivity contribution >= 4 is 21.6 Å². The number of likely N-dealkylation sites (tertiary alicyclic amines) is 1. The van der Waals surface area contributed by atoms with Gasteiger partial charge in [-0.2, -0.15) is 0 Å². The average Bonchev–Trinajstić information content (AvgIpc) is 2.37. The fraction of sp³-hybridized carbons (Fsp3) is 0.538. The molecule has 0 atom stereocenters. The van der Waals surface area contributed by atoms with Crippen LogP contribution in [-0.4, -0.2) is 34.7 Å². The van der Waals surface area contributed by atoms with E-state index in [2.05, 4.69) is 44.8 Å². The Hall–Kier alpha value is -0.940. The Morgan fingerprint density at radius 1 is 1.33 bits per heavy atom. The molecule has 0 bridgehead atoms. The molecule has 5 heteroatoms. The Morgan fingerprint density at radius 3 is 2.67 bits per heavy atom. The van der Waals surface area contributed by atoms with E-state index in [4.69, 9.17) is 4.84 Å². The minimum Gasteiger partial charge on any atom is -0.337 e. The first kappa shape index (κ1) is 13.5. The van der Waals surface area contributed by atoms with Gasteiger partial charge in [-0.3, -0.25) is 0 Å². The van der Waals surface area contributed by atoms with Crippen molar-refractivity contribution < 1.29 is 4.84 Å². The first-order valence-electron chi connectivity index (χ1n) is 6.24. The second-order valence-corrected chi connectivity index (χ2v) is 5.49. The number of rotatable bonds is 3. The topological polar surface area (TPSA) is 37.7 Å². The van der Waals surface area contributed by atoms with Crippen LogP contribution in [0.1, 0.15) is 26.7 Å². The molecule has 1 aliphatic heterocycles. The molecule has 0 unspecified atom stereocenters. The fourth-order valence-corrected chi connectivity index (χ4v) is 2.27. The Kier molecular flexibility index (Phi) is 4.72. The second kappa shape index (κ2) is 6.29. The number of aromatic nitrogens is 1. The largest absolute Gasteiger partial charge is 0.337 e. The summed E-state index contributed by atoms with van der Waals surface area (Å²) in [6.45, 7) is 6.58. The summed E-state index contributed by atoms with van der Waals surface area (Å²) in [5, 5.41) is 4.19. The summed E-state index contributed by atoms with van der Waals surface area (Å²) in [6.07, 6.45) is 1.96. The zero-order valence-electron chi connectivity index (χ0n) is 10.8. The zero-order chi connectivity index (χ0) is 13.0. The van der Waals surface area contributed by atoms with Gasteiger partial charge in [-0.1, -0.05) is 11.2 Å². The van der Waals surface area contributed by atoms with E-state index in [0.717, 1.165) is 36.2 Å². The van der Waals surface area contributed by atoms with Gasteiger partial charge in [0.1, 0.15) is 4.60 Å². The standard InChI is InChI=1S/C13H18BrN3O/c1-10(2)17-8-6-11(7-9-17)16-18-13-5-3-4-12(14)15-13/h3-5,10H,6-9H2,1-2H3. The molecule has 0 aliphatic carbocycles. The predicted octanol–water partition coefficient (Wildman–Crippen LogP) is 3.08. The third-order valence-corrected chi connectivity index (χ3v) is 3.50. The smallest absolute Gasteiger partial charge is 0.249 e. The molecule has 0 N–H and O–H groups in total. The molecule has 1 aromatic heterocycles. The van der Waals surface area contributed by atoms with Gasteiger partial charge in [0.15, 0.2) is 0 Å². The molecule has 1 saturated heterocycles. The van der Waals surface area contributed by atoms with Crippen molar-refractivity contribution in [2.75, 3.05) is 13.1 Å². The van der Waals surface area contributed by atoms with Crippen LogP contribution in [0.2, 0.25) is 0 Å². The van der Waals surface area contributed by atoms with Gasteiger partial charge < -0.3 is 9.74 Å². The van der Waals surface area contributed by atoms with Crippen molar-refractivity contribution in [2.45, 2.75) is 32.7 Å². The molecule has 1 fully saturated rings. The summed E-state index contributed by atoms with van der Waals surface area (Å²) in [5.41, 5.74) is 1.12.